The van der Waals surface area contributed by atoms with E-state index in [0.717, 1.165) is 18.3 Å². The van der Waals surface area contributed by atoms with Gasteiger partial charge in [-0.05, 0) is 113 Å². The molecule has 0 N–H and O–H groups in total. The Labute approximate surface area is 291 Å². The first-order valence-electron chi connectivity index (χ1n) is 18.1. The molecule has 0 saturated heterocycles. The molecule has 0 aromatic heterocycles. The smallest absolute Gasteiger partial charge is 0.0105 e. The van der Waals surface area contributed by atoms with Crippen LogP contribution in [-0.2, 0) is 6.42 Å². The van der Waals surface area contributed by atoms with Gasteiger partial charge in [-0.2, -0.15) is 0 Å². The standard InChI is InChI=1S/C48H54/c1-35(2)15-13-16-36(3)17-14-22-44-32-45(33-47(40-18-9-7-10-19-40)42-27-23-37(4)24-28-42)39(6)31-46(44)34-48(41-20-11-8-12-21-41)43-29-25-38(5)26-30-43/h7-12,18-21,23-36H,13-17,22H2,1-6H3. The highest BCUT2D eigenvalue weighted by molar-refractivity contribution is 5.94. The molecule has 1 atom stereocenters. The van der Waals surface area contributed by atoms with E-state index in [0.29, 0.717) is 0 Å². The Hall–Kier alpha value is -4.42. The Kier molecular flexibility index (Phi) is 12.4. The molecule has 246 valence electrons. The van der Waals surface area contributed by atoms with Gasteiger partial charge in [-0.1, -0.05) is 179 Å². The molecule has 48 heavy (non-hydrogen) atoms. The SMILES string of the molecule is Cc1ccc(C(=Cc2cc(CCCC(C)CCCC(C)C)c(C=C(c3ccccc3)c3ccc(C)cc3)cc2C)c2ccccc2)cc1. The molecule has 0 nitrogen and oxygen atoms in total. The lowest BCUT2D eigenvalue weighted by atomic mass is 9.88. The van der Waals surface area contributed by atoms with Gasteiger partial charge in [0.2, 0.25) is 0 Å². The largest absolute Gasteiger partial charge is 0.0628 e. The van der Waals surface area contributed by atoms with Crippen LogP contribution in [-0.4, -0.2) is 0 Å². The monoisotopic (exact) mass is 630 g/mol. The summed E-state index contributed by atoms with van der Waals surface area (Å²) in [6.45, 7) is 13.7. The Bertz CT molecular complexity index is 1780. The second-order valence-corrected chi connectivity index (χ2v) is 14.3. The first-order valence-corrected chi connectivity index (χ1v) is 18.1. The van der Waals surface area contributed by atoms with Gasteiger partial charge >= 0.3 is 0 Å². The quantitative estimate of drug-likeness (QED) is 0.107. The minimum Gasteiger partial charge on any atom is -0.0628 e. The van der Waals surface area contributed by atoms with Crippen molar-refractivity contribution in [2.24, 2.45) is 11.8 Å². The highest BCUT2D eigenvalue weighted by Crippen LogP contribution is 2.33. The summed E-state index contributed by atoms with van der Waals surface area (Å²) in [4.78, 5) is 0. The Balaban J connectivity index is 1.59. The molecule has 5 aromatic carbocycles. The average molecular weight is 631 g/mol. The van der Waals surface area contributed by atoms with Crippen LogP contribution in [0.4, 0.5) is 0 Å². The predicted molar refractivity (Wildman–Crippen MR) is 211 cm³/mol. The summed E-state index contributed by atoms with van der Waals surface area (Å²) < 4.78 is 0. The first-order chi connectivity index (χ1) is 23.3. The molecule has 5 rings (SSSR count). The second-order valence-electron chi connectivity index (χ2n) is 14.3. The molecule has 0 aliphatic carbocycles. The van der Waals surface area contributed by atoms with Crippen LogP contribution < -0.4 is 0 Å². The first kappa shape index (κ1) is 34.9. The zero-order valence-electron chi connectivity index (χ0n) is 30.1. The van der Waals surface area contributed by atoms with Crippen LogP contribution in [0.15, 0.2) is 121 Å². The lowest BCUT2D eigenvalue weighted by molar-refractivity contribution is 0.427. The van der Waals surface area contributed by atoms with Gasteiger partial charge in [0.05, 0.1) is 0 Å². The van der Waals surface area contributed by atoms with E-state index >= 15 is 0 Å². The second kappa shape index (κ2) is 17.1. The molecule has 0 amide bonds. The minimum absolute atomic E-state index is 0.756. The summed E-state index contributed by atoms with van der Waals surface area (Å²) in [5.74, 6) is 1.55. The lowest BCUT2D eigenvalue weighted by Crippen LogP contribution is -2.00. The Morgan fingerprint density at radius 3 is 1.46 bits per heavy atom. The molecule has 5 aromatic rings. The van der Waals surface area contributed by atoms with E-state index in [-0.39, 0.29) is 0 Å². The van der Waals surface area contributed by atoms with Gasteiger partial charge in [-0.3, -0.25) is 0 Å². The number of hydrogen-bond acceptors (Lipinski definition) is 0. The molecule has 0 fully saturated rings. The summed E-state index contributed by atoms with van der Waals surface area (Å²) in [5, 5.41) is 0. The zero-order chi connectivity index (χ0) is 33.9. The van der Waals surface area contributed by atoms with Gasteiger partial charge in [0.15, 0.2) is 0 Å². The van der Waals surface area contributed by atoms with Gasteiger partial charge in [0, 0.05) is 0 Å². The number of hydrogen-bond donors (Lipinski definition) is 0. The fraction of sp³-hybridized carbons (Fsp3) is 0.292. The highest BCUT2D eigenvalue weighted by Gasteiger charge is 2.13. The van der Waals surface area contributed by atoms with Crippen LogP contribution >= 0.6 is 0 Å². The van der Waals surface area contributed by atoms with Gasteiger partial charge in [0.1, 0.15) is 0 Å². The average Bonchev–Trinajstić information content (AvgIpc) is 3.09. The lowest BCUT2D eigenvalue weighted by Gasteiger charge is -2.17. The van der Waals surface area contributed by atoms with Crippen molar-refractivity contribution >= 4 is 23.3 Å². The molecule has 0 aliphatic heterocycles. The normalized spacial score (nSPS) is 12.8. The van der Waals surface area contributed by atoms with E-state index in [4.69, 9.17) is 0 Å². The van der Waals surface area contributed by atoms with E-state index in [1.165, 1.54) is 98.9 Å². The van der Waals surface area contributed by atoms with E-state index in [9.17, 15) is 0 Å². The van der Waals surface area contributed by atoms with Crippen molar-refractivity contribution in [1.82, 2.24) is 0 Å². The number of benzene rings is 5. The number of rotatable bonds is 14. The van der Waals surface area contributed by atoms with Crippen molar-refractivity contribution < 1.29 is 0 Å². The van der Waals surface area contributed by atoms with Crippen LogP contribution in [0.2, 0.25) is 0 Å². The van der Waals surface area contributed by atoms with Gasteiger partial charge < -0.3 is 0 Å². The molecule has 0 radical (unpaired) electrons. The zero-order valence-corrected chi connectivity index (χ0v) is 30.1. The summed E-state index contributed by atoms with van der Waals surface area (Å²) in [6.07, 6.45) is 12.4. The third-order valence-electron chi connectivity index (χ3n) is 9.64. The molecular weight excluding hydrogens is 577 g/mol. The molecule has 0 heteroatoms. The topological polar surface area (TPSA) is 0 Å². The molecule has 0 bridgehead atoms. The summed E-state index contributed by atoms with van der Waals surface area (Å²) in [6, 6.07) is 44.6. The van der Waals surface area contributed by atoms with Crippen LogP contribution in [0, 0.1) is 32.6 Å². The Morgan fingerprint density at radius 1 is 0.500 bits per heavy atom. The third-order valence-corrected chi connectivity index (χ3v) is 9.64. The summed E-state index contributed by atoms with van der Waals surface area (Å²) in [5.41, 5.74) is 15.4. The van der Waals surface area contributed by atoms with Crippen LogP contribution in [0.25, 0.3) is 23.3 Å². The number of aryl methyl sites for hydroxylation is 4. The fourth-order valence-electron chi connectivity index (χ4n) is 6.64. The van der Waals surface area contributed by atoms with Crippen LogP contribution in [0.1, 0.15) is 109 Å². The summed E-state index contributed by atoms with van der Waals surface area (Å²) in [7, 11) is 0. The van der Waals surface area contributed by atoms with Gasteiger partial charge in [0.25, 0.3) is 0 Å². The van der Waals surface area contributed by atoms with E-state index in [2.05, 4.69) is 175 Å². The fourth-order valence-corrected chi connectivity index (χ4v) is 6.64. The highest BCUT2D eigenvalue weighted by atomic mass is 14.2. The van der Waals surface area contributed by atoms with Crippen molar-refractivity contribution in [3.05, 3.63) is 177 Å². The maximum atomic E-state index is 2.49. The molecular formula is C48H54. The van der Waals surface area contributed by atoms with Crippen molar-refractivity contribution in [3.8, 4) is 0 Å². The summed E-state index contributed by atoms with van der Waals surface area (Å²) >= 11 is 0. The van der Waals surface area contributed by atoms with E-state index in [1.54, 1.807) is 0 Å². The van der Waals surface area contributed by atoms with Gasteiger partial charge in [-0.15, -0.1) is 0 Å². The maximum absolute atomic E-state index is 2.49. The molecule has 0 heterocycles. The van der Waals surface area contributed by atoms with E-state index in [1.807, 2.05) is 0 Å². The third kappa shape index (κ3) is 9.80. The molecule has 0 spiro atoms. The predicted octanol–water partition coefficient (Wildman–Crippen LogP) is 13.6. The van der Waals surface area contributed by atoms with Crippen molar-refractivity contribution in [2.75, 3.05) is 0 Å². The van der Waals surface area contributed by atoms with Crippen LogP contribution in [0.3, 0.4) is 0 Å². The van der Waals surface area contributed by atoms with Crippen molar-refractivity contribution in [1.29, 1.82) is 0 Å². The Morgan fingerprint density at radius 2 is 0.958 bits per heavy atom. The molecule has 0 saturated carbocycles. The minimum atomic E-state index is 0.756. The van der Waals surface area contributed by atoms with Crippen LogP contribution in [0.5, 0.6) is 0 Å². The van der Waals surface area contributed by atoms with Gasteiger partial charge in [-0.25, -0.2) is 0 Å². The molecule has 0 aliphatic rings. The van der Waals surface area contributed by atoms with E-state index < -0.39 is 0 Å². The van der Waals surface area contributed by atoms with Crippen molar-refractivity contribution in [2.45, 2.75) is 80.1 Å². The maximum Gasteiger partial charge on any atom is -0.0105 e. The molecule has 1 unspecified atom stereocenters. The van der Waals surface area contributed by atoms with Crippen molar-refractivity contribution in [3.63, 3.8) is 0 Å².